The molecule has 4 heteroatoms. The van der Waals surface area contributed by atoms with Crippen molar-refractivity contribution in [3.05, 3.63) is 23.8 Å². The second-order valence-corrected chi connectivity index (χ2v) is 6.70. The summed E-state index contributed by atoms with van der Waals surface area (Å²) in [5.74, 6) is 2.29. The average molecular weight is 321 g/mol. The van der Waals surface area contributed by atoms with E-state index >= 15 is 0 Å². The van der Waals surface area contributed by atoms with E-state index < -0.39 is 0 Å². The summed E-state index contributed by atoms with van der Waals surface area (Å²) in [6, 6.07) is 6.95. The number of ether oxygens (including phenoxy) is 3. The number of methoxy groups -OCH3 is 1. The van der Waals surface area contributed by atoms with Gasteiger partial charge in [0, 0.05) is 25.3 Å². The summed E-state index contributed by atoms with van der Waals surface area (Å²) in [5, 5.41) is 3.73. The molecule has 23 heavy (non-hydrogen) atoms. The third-order valence-electron chi connectivity index (χ3n) is 4.54. The molecular weight excluding hydrogens is 290 g/mol. The van der Waals surface area contributed by atoms with E-state index in [1.807, 2.05) is 19.9 Å². The van der Waals surface area contributed by atoms with Crippen LogP contribution in [0, 0.1) is 5.92 Å². The van der Waals surface area contributed by atoms with E-state index in [0.29, 0.717) is 12.0 Å². The van der Waals surface area contributed by atoms with Gasteiger partial charge in [-0.25, -0.2) is 0 Å². The number of rotatable bonds is 7. The number of hydrogen-bond donors (Lipinski definition) is 1. The zero-order valence-electron chi connectivity index (χ0n) is 15.1. The van der Waals surface area contributed by atoms with Crippen molar-refractivity contribution in [3.63, 3.8) is 0 Å². The minimum absolute atomic E-state index is 0.138. The number of benzene rings is 1. The van der Waals surface area contributed by atoms with Crippen LogP contribution in [0.5, 0.6) is 11.5 Å². The van der Waals surface area contributed by atoms with E-state index in [0.717, 1.165) is 37.6 Å². The molecule has 0 radical (unpaired) electrons. The first-order valence-electron chi connectivity index (χ1n) is 8.69. The first-order valence-corrected chi connectivity index (χ1v) is 8.69. The molecule has 0 amide bonds. The van der Waals surface area contributed by atoms with Crippen LogP contribution < -0.4 is 14.8 Å². The van der Waals surface area contributed by atoms with Crippen molar-refractivity contribution in [1.29, 1.82) is 0 Å². The average Bonchev–Trinajstić information content (AvgIpc) is 2.55. The van der Waals surface area contributed by atoms with Crippen molar-refractivity contribution in [1.82, 2.24) is 5.32 Å². The SMILES string of the molecule is COc1cc([C@H](C)N[C@@H](C)C2CCOCC2)ccc1OC(C)C. The molecule has 4 nitrogen and oxygen atoms in total. The highest BCUT2D eigenvalue weighted by atomic mass is 16.5. The molecule has 1 heterocycles. The minimum Gasteiger partial charge on any atom is -0.493 e. The smallest absolute Gasteiger partial charge is 0.161 e. The van der Waals surface area contributed by atoms with Crippen molar-refractivity contribution in [2.24, 2.45) is 5.92 Å². The van der Waals surface area contributed by atoms with E-state index in [1.165, 1.54) is 5.56 Å². The molecule has 0 unspecified atom stereocenters. The minimum atomic E-state index is 0.138. The molecule has 2 rings (SSSR count). The molecule has 1 N–H and O–H groups in total. The number of nitrogens with one attached hydrogen (secondary N) is 1. The summed E-state index contributed by atoms with van der Waals surface area (Å²) in [5.41, 5.74) is 1.22. The van der Waals surface area contributed by atoms with Gasteiger partial charge in [-0.2, -0.15) is 0 Å². The van der Waals surface area contributed by atoms with E-state index in [-0.39, 0.29) is 12.1 Å². The lowest BCUT2D eigenvalue weighted by atomic mass is 9.92. The fourth-order valence-corrected chi connectivity index (χ4v) is 3.15. The molecule has 0 bridgehead atoms. The van der Waals surface area contributed by atoms with Gasteiger partial charge in [0.2, 0.25) is 0 Å². The highest BCUT2D eigenvalue weighted by Crippen LogP contribution is 2.31. The molecule has 0 aliphatic carbocycles. The topological polar surface area (TPSA) is 39.7 Å². The van der Waals surface area contributed by atoms with Crippen molar-refractivity contribution in [2.75, 3.05) is 20.3 Å². The Labute approximate surface area is 140 Å². The molecule has 1 aliphatic heterocycles. The molecule has 0 aromatic heterocycles. The maximum Gasteiger partial charge on any atom is 0.161 e. The first kappa shape index (κ1) is 18.1. The molecule has 2 atom stereocenters. The van der Waals surface area contributed by atoms with E-state index in [9.17, 15) is 0 Å². The van der Waals surface area contributed by atoms with E-state index in [2.05, 4.69) is 31.3 Å². The highest BCUT2D eigenvalue weighted by molar-refractivity contribution is 5.43. The van der Waals surface area contributed by atoms with Gasteiger partial charge in [0.15, 0.2) is 11.5 Å². The van der Waals surface area contributed by atoms with Gasteiger partial charge in [0.05, 0.1) is 13.2 Å². The van der Waals surface area contributed by atoms with Gasteiger partial charge in [-0.3, -0.25) is 0 Å². The van der Waals surface area contributed by atoms with Gasteiger partial charge in [0.1, 0.15) is 0 Å². The monoisotopic (exact) mass is 321 g/mol. The molecule has 1 aromatic carbocycles. The molecule has 0 saturated carbocycles. The Morgan fingerprint density at radius 3 is 2.39 bits per heavy atom. The second kappa shape index (κ2) is 8.55. The lowest BCUT2D eigenvalue weighted by molar-refractivity contribution is 0.0547. The largest absolute Gasteiger partial charge is 0.493 e. The fraction of sp³-hybridized carbons (Fsp3) is 0.684. The van der Waals surface area contributed by atoms with Gasteiger partial charge in [-0.1, -0.05) is 6.07 Å². The van der Waals surface area contributed by atoms with Crippen molar-refractivity contribution in [3.8, 4) is 11.5 Å². The summed E-state index contributed by atoms with van der Waals surface area (Å²) in [6.07, 6.45) is 2.43. The standard InChI is InChI=1S/C19H31NO3/c1-13(2)23-18-7-6-17(12-19(18)21-5)15(4)20-14(3)16-8-10-22-11-9-16/h6-7,12-16,20H,8-11H2,1-5H3/t14-,15-/m0/s1. The first-order chi connectivity index (χ1) is 11.0. The Hall–Kier alpha value is -1.26. The van der Waals surface area contributed by atoms with Crippen molar-refractivity contribution >= 4 is 0 Å². The van der Waals surface area contributed by atoms with Gasteiger partial charge >= 0.3 is 0 Å². The third-order valence-corrected chi connectivity index (χ3v) is 4.54. The van der Waals surface area contributed by atoms with Crippen LogP contribution in [-0.4, -0.2) is 32.5 Å². The summed E-state index contributed by atoms with van der Waals surface area (Å²) >= 11 is 0. The Balaban J connectivity index is 2.02. The summed E-state index contributed by atoms with van der Waals surface area (Å²) < 4.78 is 16.7. The van der Waals surface area contributed by atoms with Crippen LogP contribution in [0.1, 0.15) is 52.1 Å². The lowest BCUT2D eigenvalue weighted by Gasteiger charge is -2.31. The molecule has 0 spiro atoms. The van der Waals surface area contributed by atoms with E-state index in [1.54, 1.807) is 7.11 Å². The van der Waals surface area contributed by atoms with Crippen LogP contribution >= 0.6 is 0 Å². The molecule has 1 saturated heterocycles. The molecular formula is C19H31NO3. The van der Waals surface area contributed by atoms with Crippen molar-refractivity contribution in [2.45, 2.75) is 58.7 Å². The van der Waals surface area contributed by atoms with Crippen LogP contribution in [0.2, 0.25) is 0 Å². The highest BCUT2D eigenvalue weighted by Gasteiger charge is 2.22. The Morgan fingerprint density at radius 1 is 1.09 bits per heavy atom. The van der Waals surface area contributed by atoms with Gasteiger partial charge < -0.3 is 19.5 Å². The number of hydrogen-bond acceptors (Lipinski definition) is 4. The Morgan fingerprint density at radius 2 is 1.78 bits per heavy atom. The predicted molar refractivity (Wildman–Crippen MR) is 93.3 cm³/mol. The van der Waals surface area contributed by atoms with Crippen LogP contribution in [0.25, 0.3) is 0 Å². The van der Waals surface area contributed by atoms with E-state index in [4.69, 9.17) is 14.2 Å². The zero-order chi connectivity index (χ0) is 16.8. The van der Waals surface area contributed by atoms with Crippen LogP contribution in [-0.2, 0) is 4.74 Å². The quantitative estimate of drug-likeness (QED) is 0.825. The lowest BCUT2D eigenvalue weighted by Crippen LogP contribution is -2.38. The maximum absolute atomic E-state index is 5.79. The Bertz CT molecular complexity index is 484. The summed E-state index contributed by atoms with van der Waals surface area (Å²) in [7, 11) is 1.69. The van der Waals surface area contributed by atoms with Crippen LogP contribution in [0.15, 0.2) is 18.2 Å². The van der Waals surface area contributed by atoms with Crippen LogP contribution in [0.3, 0.4) is 0 Å². The molecule has 1 aliphatic rings. The van der Waals surface area contributed by atoms with Gasteiger partial charge in [-0.05, 0) is 64.2 Å². The van der Waals surface area contributed by atoms with Crippen LogP contribution in [0.4, 0.5) is 0 Å². The summed E-state index contributed by atoms with van der Waals surface area (Å²) in [4.78, 5) is 0. The molecule has 130 valence electrons. The maximum atomic E-state index is 5.79. The fourth-order valence-electron chi connectivity index (χ4n) is 3.15. The normalized spacial score (nSPS) is 18.7. The van der Waals surface area contributed by atoms with Gasteiger partial charge in [0.25, 0.3) is 0 Å². The van der Waals surface area contributed by atoms with Crippen molar-refractivity contribution < 1.29 is 14.2 Å². The second-order valence-electron chi connectivity index (χ2n) is 6.70. The molecule has 1 aromatic rings. The third kappa shape index (κ3) is 5.11. The Kier molecular flexibility index (Phi) is 6.72. The molecule has 1 fully saturated rings. The predicted octanol–water partition coefficient (Wildman–Crippen LogP) is 3.95. The summed E-state index contributed by atoms with van der Waals surface area (Å²) in [6.45, 7) is 10.3. The van der Waals surface area contributed by atoms with Gasteiger partial charge in [-0.15, -0.1) is 0 Å². The zero-order valence-corrected chi connectivity index (χ0v) is 15.1.